The van der Waals surface area contributed by atoms with E-state index in [-0.39, 0.29) is 23.5 Å². The number of halogens is 3. The van der Waals surface area contributed by atoms with Gasteiger partial charge in [-0.15, -0.1) is 10.2 Å². The molecule has 0 saturated carbocycles. The van der Waals surface area contributed by atoms with Gasteiger partial charge in [0.25, 0.3) is 0 Å². The van der Waals surface area contributed by atoms with E-state index in [9.17, 15) is 18.0 Å². The molecule has 1 N–H and O–H groups in total. The summed E-state index contributed by atoms with van der Waals surface area (Å²) < 4.78 is 46.9. The van der Waals surface area contributed by atoms with Crippen LogP contribution in [0.15, 0.2) is 29.4 Å². The molecule has 0 radical (unpaired) electrons. The first-order valence-corrected chi connectivity index (χ1v) is 10.4. The molecule has 29 heavy (non-hydrogen) atoms. The lowest BCUT2D eigenvalue weighted by Gasteiger charge is -2.16. The summed E-state index contributed by atoms with van der Waals surface area (Å²) >= 11 is 1.15. The molecule has 1 aliphatic heterocycles. The van der Waals surface area contributed by atoms with E-state index in [4.69, 9.17) is 4.74 Å². The van der Waals surface area contributed by atoms with Gasteiger partial charge in [-0.2, -0.15) is 13.2 Å². The number of nitrogens with zero attached hydrogens (tertiary/aromatic N) is 3. The predicted molar refractivity (Wildman–Crippen MR) is 104 cm³/mol. The molecule has 1 aliphatic rings. The quantitative estimate of drug-likeness (QED) is 0.665. The maximum Gasteiger partial charge on any atom is 0.418 e. The van der Waals surface area contributed by atoms with Crippen LogP contribution in [-0.2, 0) is 22.3 Å². The van der Waals surface area contributed by atoms with Gasteiger partial charge in [0.05, 0.1) is 29.7 Å². The van der Waals surface area contributed by atoms with Crippen LogP contribution in [0.1, 0.15) is 44.0 Å². The monoisotopic (exact) mass is 428 g/mol. The number of nitrogens with one attached hydrogen (secondary N) is 1. The summed E-state index contributed by atoms with van der Waals surface area (Å²) in [5, 5.41) is 11.3. The molecule has 1 aromatic carbocycles. The first-order chi connectivity index (χ1) is 13.8. The van der Waals surface area contributed by atoms with Crippen molar-refractivity contribution in [3.8, 4) is 0 Å². The maximum atomic E-state index is 13.1. The molecule has 1 unspecified atom stereocenters. The van der Waals surface area contributed by atoms with Crippen LogP contribution >= 0.6 is 11.8 Å². The Hall–Kier alpha value is -2.07. The smallest absolute Gasteiger partial charge is 0.376 e. The summed E-state index contributed by atoms with van der Waals surface area (Å²) in [4.78, 5) is 12.3. The highest BCUT2D eigenvalue weighted by Crippen LogP contribution is 2.34. The molecule has 1 amide bonds. The molecule has 0 aliphatic carbocycles. The van der Waals surface area contributed by atoms with E-state index in [2.05, 4.69) is 15.5 Å². The summed E-state index contributed by atoms with van der Waals surface area (Å²) in [6, 6.07) is 4.91. The lowest BCUT2D eigenvalue weighted by Crippen LogP contribution is -2.20. The predicted octanol–water partition coefficient (Wildman–Crippen LogP) is 4.33. The summed E-state index contributed by atoms with van der Waals surface area (Å²) in [5.74, 6) is 0.328. The zero-order valence-corrected chi connectivity index (χ0v) is 17.0. The molecule has 10 heteroatoms. The Bertz CT molecular complexity index is 848. The summed E-state index contributed by atoms with van der Waals surface area (Å²) in [7, 11) is 0. The number of rotatable bonds is 7. The lowest BCUT2D eigenvalue weighted by atomic mass is 10.1. The fraction of sp³-hybridized carbons (Fsp3) is 0.526. The van der Waals surface area contributed by atoms with E-state index in [0.717, 1.165) is 43.1 Å². The third-order valence-corrected chi connectivity index (χ3v) is 5.48. The Kier molecular flexibility index (Phi) is 6.84. The largest absolute Gasteiger partial charge is 0.418 e. The SMILES string of the molecule is CC(C)c1nnc(SCC(=O)Nc2ccccc2C(F)(F)F)n1CC1CCCO1. The number of ether oxygens (including phenoxy) is 1. The van der Waals surface area contributed by atoms with Gasteiger partial charge >= 0.3 is 6.18 Å². The van der Waals surface area contributed by atoms with Gasteiger partial charge in [-0.1, -0.05) is 37.7 Å². The lowest BCUT2D eigenvalue weighted by molar-refractivity contribution is -0.137. The first kappa shape index (κ1) is 21.6. The number of amides is 1. The fourth-order valence-corrected chi connectivity index (χ4v) is 3.91. The fourth-order valence-electron chi connectivity index (χ4n) is 3.15. The number of hydrogen-bond acceptors (Lipinski definition) is 5. The van der Waals surface area contributed by atoms with Crippen LogP contribution in [0.2, 0.25) is 0 Å². The molecule has 3 rings (SSSR count). The number of alkyl halides is 3. The van der Waals surface area contributed by atoms with Crippen LogP contribution in [0.25, 0.3) is 0 Å². The van der Waals surface area contributed by atoms with Crippen LogP contribution in [0.5, 0.6) is 0 Å². The van der Waals surface area contributed by atoms with E-state index in [1.165, 1.54) is 18.2 Å². The Morgan fingerprint density at radius 2 is 2.10 bits per heavy atom. The van der Waals surface area contributed by atoms with E-state index >= 15 is 0 Å². The van der Waals surface area contributed by atoms with Gasteiger partial charge in [0.15, 0.2) is 5.16 Å². The highest BCUT2D eigenvalue weighted by atomic mass is 32.2. The minimum atomic E-state index is -4.54. The molecule has 6 nitrogen and oxygen atoms in total. The van der Waals surface area contributed by atoms with Gasteiger partial charge in [-0.3, -0.25) is 4.79 Å². The third-order valence-electron chi connectivity index (χ3n) is 4.51. The molecular formula is C19H23F3N4O2S. The van der Waals surface area contributed by atoms with Crippen molar-refractivity contribution in [2.45, 2.75) is 56.6 Å². The van der Waals surface area contributed by atoms with Gasteiger partial charge in [0.1, 0.15) is 5.82 Å². The van der Waals surface area contributed by atoms with Crippen LogP contribution in [-0.4, -0.2) is 39.1 Å². The minimum Gasteiger partial charge on any atom is -0.376 e. The minimum absolute atomic E-state index is 0.0755. The zero-order valence-electron chi connectivity index (χ0n) is 16.2. The van der Waals surface area contributed by atoms with Crippen LogP contribution < -0.4 is 5.32 Å². The van der Waals surface area contributed by atoms with Crippen molar-refractivity contribution in [3.63, 3.8) is 0 Å². The van der Waals surface area contributed by atoms with Gasteiger partial charge in [0, 0.05) is 12.5 Å². The average molecular weight is 428 g/mol. The summed E-state index contributed by atoms with van der Waals surface area (Å²) in [5.41, 5.74) is -1.13. The van der Waals surface area contributed by atoms with Crippen molar-refractivity contribution >= 4 is 23.4 Å². The van der Waals surface area contributed by atoms with Crippen LogP contribution in [0.4, 0.5) is 18.9 Å². The number of carbonyl (C=O) groups excluding carboxylic acids is 1. The standard InChI is InChI=1S/C19H23F3N4O2S/c1-12(2)17-24-25-18(26(17)10-13-6-5-9-28-13)29-11-16(27)23-15-8-4-3-7-14(15)19(20,21)22/h3-4,7-8,12-13H,5-6,9-11H2,1-2H3,(H,23,27). The molecule has 1 atom stereocenters. The van der Waals surface area contributed by atoms with Gasteiger partial charge in [-0.05, 0) is 25.0 Å². The Morgan fingerprint density at radius 1 is 1.34 bits per heavy atom. The Morgan fingerprint density at radius 3 is 2.76 bits per heavy atom. The molecule has 0 bridgehead atoms. The summed E-state index contributed by atoms with van der Waals surface area (Å²) in [6.07, 6.45) is -2.50. The second-order valence-corrected chi connectivity index (χ2v) is 8.06. The number of para-hydroxylation sites is 1. The average Bonchev–Trinajstić information content (AvgIpc) is 3.30. The number of anilines is 1. The molecule has 1 aromatic heterocycles. The normalized spacial score (nSPS) is 17.1. The van der Waals surface area contributed by atoms with Crippen molar-refractivity contribution in [3.05, 3.63) is 35.7 Å². The van der Waals surface area contributed by atoms with Crippen molar-refractivity contribution in [1.82, 2.24) is 14.8 Å². The molecule has 1 saturated heterocycles. The van der Waals surface area contributed by atoms with E-state index in [0.29, 0.717) is 11.7 Å². The topological polar surface area (TPSA) is 69.0 Å². The number of hydrogen-bond donors (Lipinski definition) is 1. The second kappa shape index (κ2) is 9.17. The number of aromatic nitrogens is 3. The van der Waals surface area contributed by atoms with Gasteiger partial charge in [-0.25, -0.2) is 0 Å². The number of carbonyl (C=O) groups is 1. The Labute approximate surface area is 171 Å². The summed E-state index contributed by atoms with van der Waals surface area (Å²) in [6.45, 7) is 5.34. The van der Waals surface area contributed by atoms with Gasteiger partial charge in [0.2, 0.25) is 5.91 Å². The highest BCUT2D eigenvalue weighted by molar-refractivity contribution is 7.99. The first-order valence-electron chi connectivity index (χ1n) is 9.39. The Balaban J connectivity index is 1.68. The highest BCUT2D eigenvalue weighted by Gasteiger charge is 2.33. The van der Waals surface area contributed by atoms with Crippen LogP contribution in [0, 0.1) is 0 Å². The third kappa shape index (κ3) is 5.51. The van der Waals surface area contributed by atoms with Crippen molar-refractivity contribution < 1.29 is 22.7 Å². The van der Waals surface area contributed by atoms with Gasteiger partial charge < -0.3 is 14.6 Å². The number of benzene rings is 1. The van der Waals surface area contributed by atoms with E-state index < -0.39 is 17.6 Å². The molecule has 2 heterocycles. The molecule has 1 fully saturated rings. The van der Waals surface area contributed by atoms with Crippen molar-refractivity contribution in [1.29, 1.82) is 0 Å². The van der Waals surface area contributed by atoms with E-state index in [1.54, 1.807) is 0 Å². The molecular weight excluding hydrogens is 405 g/mol. The van der Waals surface area contributed by atoms with Crippen molar-refractivity contribution in [2.24, 2.45) is 0 Å². The second-order valence-electron chi connectivity index (χ2n) is 7.12. The molecule has 0 spiro atoms. The molecule has 158 valence electrons. The van der Waals surface area contributed by atoms with E-state index in [1.807, 2.05) is 18.4 Å². The zero-order chi connectivity index (χ0) is 21.0. The number of thioether (sulfide) groups is 1. The van der Waals surface area contributed by atoms with Crippen molar-refractivity contribution in [2.75, 3.05) is 17.7 Å². The van der Waals surface area contributed by atoms with Crippen LogP contribution in [0.3, 0.4) is 0 Å². The molecule has 2 aromatic rings. The maximum absolute atomic E-state index is 13.1.